The molecule has 6 heteroatoms. The van der Waals surface area contributed by atoms with Gasteiger partial charge in [-0.25, -0.2) is 0 Å². The van der Waals surface area contributed by atoms with E-state index < -0.39 is 6.10 Å². The Morgan fingerprint density at radius 2 is 0.539 bits per heavy atom. The van der Waals surface area contributed by atoms with E-state index in [4.69, 9.17) is 14.2 Å². The van der Waals surface area contributed by atoms with Gasteiger partial charge in [0.1, 0.15) is 13.2 Å². The summed E-state index contributed by atoms with van der Waals surface area (Å²) in [6, 6.07) is 0. The molecule has 0 N–H and O–H groups in total. The van der Waals surface area contributed by atoms with Crippen LogP contribution in [0.25, 0.3) is 0 Å². The predicted molar refractivity (Wildman–Crippen MR) is 329 cm³/mol. The molecule has 0 rings (SSSR count). The highest BCUT2D eigenvalue weighted by Gasteiger charge is 2.19. The van der Waals surface area contributed by atoms with Crippen molar-refractivity contribution in [2.24, 2.45) is 0 Å². The molecule has 0 aromatic rings. The van der Waals surface area contributed by atoms with Crippen molar-refractivity contribution in [3.63, 3.8) is 0 Å². The van der Waals surface area contributed by atoms with Gasteiger partial charge in [0.05, 0.1) is 0 Å². The fourth-order valence-corrected chi connectivity index (χ4v) is 8.20. The number of ether oxygens (including phenoxy) is 3. The van der Waals surface area contributed by atoms with E-state index >= 15 is 0 Å². The lowest BCUT2D eigenvalue weighted by Crippen LogP contribution is -2.30. The normalized spacial score (nSPS) is 13.0. The average Bonchev–Trinajstić information content (AvgIpc) is 3.42. The molecule has 0 spiro atoms. The summed E-state index contributed by atoms with van der Waals surface area (Å²) in [6.07, 6.45) is 88.8. The van der Waals surface area contributed by atoms with Crippen molar-refractivity contribution in [3.8, 4) is 0 Å². The van der Waals surface area contributed by atoms with Gasteiger partial charge < -0.3 is 14.2 Å². The Hall–Kier alpha value is -4.45. The second-order valence-corrected chi connectivity index (χ2v) is 20.2. The molecule has 0 radical (unpaired) electrons. The third-order valence-corrected chi connectivity index (χ3v) is 12.8. The van der Waals surface area contributed by atoms with Gasteiger partial charge in [0.2, 0.25) is 0 Å². The molecule has 0 fully saturated rings. The second-order valence-electron chi connectivity index (χ2n) is 20.2. The lowest BCUT2D eigenvalue weighted by molar-refractivity contribution is -0.167. The van der Waals surface area contributed by atoms with Gasteiger partial charge in [-0.1, -0.05) is 251 Å². The van der Waals surface area contributed by atoms with Gasteiger partial charge in [-0.3, -0.25) is 14.4 Å². The van der Waals surface area contributed by atoms with Crippen molar-refractivity contribution in [3.05, 3.63) is 134 Å². The topological polar surface area (TPSA) is 78.9 Å². The summed E-state index contributed by atoms with van der Waals surface area (Å²) in [5.74, 6) is -0.948. The van der Waals surface area contributed by atoms with Crippen LogP contribution in [-0.4, -0.2) is 37.2 Å². The third-order valence-electron chi connectivity index (χ3n) is 12.8. The molecule has 0 aliphatic heterocycles. The van der Waals surface area contributed by atoms with Crippen LogP contribution in [0.15, 0.2) is 134 Å². The maximum absolute atomic E-state index is 12.9. The molecule has 430 valence electrons. The zero-order chi connectivity index (χ0) is 55.0. The van der Waals surface area contributed by atoms with Crippen LogP contribution in [-0.2, 0) is 28.6 Å². The molecule has 1 unspecified atom stereocenters. The molecule has 0 amide bonds. The molecule has 0 saturated heterocycles. The summed E-state index contributed by atoms with van der Waals surface area (Å²) in [4.78, 5) is 38.2. The van der Waals surface area contributed by atoms with Crippen LogP contribution in [0.5, 0.6) is 0 Å². The molecular formula is C70H114O6. The van der Waals surface area contributed by atoms with Crippen LogP contribution in [0.2, 0.25) is 0 Å². The molecule has 0 saturated carbocycles. The number of hydrogen-bond donors (Lipinski definition) is 0. The summed E-state index contributed by atoms with van der Waals surface area (Å²) in [5, 5.41) is 0. The molecule has 76 heavy (non-hydrogen) atoms. The van der Waals surface area contributed by atoms with Crippen molar-refractivity contribution >= 4 is 17.9 Å². The van der Waals surface area contributed by atoms with E-state index in [2.05, 4.69) is 154 Å². The summed E-state index contributed by atoms with van der Waals surface area (Å²) in [6.45, 7) is 6.42. The van der Waals surface area contributed by atoms with Crippen LogP contribution in [0.3, 0.4) is 0 Å². The maximum atomic E-state index is 12.9. The van der Waals surface area contributed by atoms with Gasteiger partial charge in [-0.05, 0) is 135 Å². The zero-order valence-electron chi connectivity index (χ0n) is 49.2. The van der Waals surface area contributed by atoms with Crippen LogP contribution >= 0.6 is 0 Å². The minimum Gasteiger partial charge on any atom is -0.462 e. The highest BCUT2D eigenvalue weighted by molar-refractivity contribution is 5.71. The highest BCUT2D eigenvalue weighted by atomic mass is 16.6. The number of hydrogen-bond acceptors (Lipinski definition) is 6. The average molecular weight is 1050 g/mol. The quantitative estimate of drug-likeness (QED) is 0.0261. The Kier molecular flexibility index (Phi) is 59.4. The first-order valence-electron chi connectivity index (χ1n) is 31.2. The molecule has 0 heterocycles. The van der Waals surface area contributed by atoms with Crippen molar-refractivity contribution < 1.29 is 28.6 Å². The van der Waals surface area contributed by atoms with E-state index in [-0.39, 0.29) is 31.1 Å². The van der Waals surface area contributed by atoms with Crippen LogP contribution in [0.1, 0.15) is 271 Å². The van der Waals surface area contributed by atoms with E-state index in [9.17, 15) is 14.4 Å². The molecule has 0 bridgehead atoms. The van der Waals surface area contributed by atoms with Gasteiger partial charge >= 0.3 is 17.9 Å². The number of rotatable bonds is 55. The van der Waals surface area contributed by atoms with E-state index in [1.165, 1.54) is 64.2 Å². The van der Waals surface area contributed by atoms with Gasteiger partial charge in [-0.15, -0.1) is 0 Å². The lowest BCUT2D eigenvalue weighted by Gasteiger charge is -2.18. The Morgan fingerprint density at radius 1 is 0.276 bits per heavy atom. The first-order chi connectivity index (χ1) is 37.5. The first-order valence-corrected chi connectivity index (χ1v) is 31.2. The molecule has 0 aromatic heterocycles. The largest absolute Gasteiger partial charge is 0.462 e. The fraction of sp³-hybridized carbons (Fsp3) is 0.643. The minimum absolute atomic E-state index is 0.100. The number of carbonyl (C=O) groups excluding carboxylic acids is 3. The maximum Gasteiger partial charge on any atom is 0.306 e. The molecule has 6 nitrogen and oxygen atoms in total. The van der Waals surface area contributed by atoms with Crippen molar-refractivity contribution in [1.29, 1.82) is 0 Å². The Labute approximate surface area is 468 Å². The SMILES string of the molecule is CC/C=C\C/C=C\C/C=C\C/C=C\C/C=C\C/C=C\C/C=C\C/C=C\CCCCCCC(=O)OCC(COC(=O)CCCCCCC/C=C\C/C=C\CCC)OC(=O)CCCCCCC/C=C\CCCCCCCCC. The van der Waals surface area contributed by atoms with Crippen molar-refractivity contribution in [1.82, 2.24) is 0 Å². The molecule has 1 atom stereocenters. The Morgan fingerprint density at radius 3 is 0.868 bits per heavy atom. The summed E-state index contributed by atoms with van der Waals surface area (Å²) in [7, 11) is 0. The van der Waals surface area contributed by atoms with E-state index in [1.807, 2.05) is 0 Å². The molecule has 0 aromatic carbocycles. The number of unbranched alkanes of at least 4 members (excludes halogenated alkanes) is 22. The third kappa shape index (κ3) is 60.4. The van der Waals surface area contributed by atoms with E-state index in [0.29, 0.717) is 19.3 Å². The van der Waals surface area contributed by atoms with Gasteiger partial charge in [0, 0.05) is 19.3 Å². The molecule has 0 aliphatic carbocycles. The monoisotopic (exact) mass is 1050 g/mol. The number of allylic oxidation sites excluding steroid dienone is 22. The van der Waals surface area contributed by atoms with Crippen LogP contribution in [0, 0.1) is 0 Å². The van der Waals surface area contributed by atoms with E-state index in [1.54, 1.807) is 0 Å². The van der Waals surface area contributed by atoms with E-state index in [0.717, 1.165) is 167 Å². The van der Waals surface area contributed by atoms with Crippen LogP contribution < -0.4 is 0 Å². The van der Waals surface area contributed by atoms with Gasteiger partial charge in [-0.2, -0.15) is 0 Å². The van der Waals surface area contributed by atoms with Gasteiger partial charge in [0.15, 0.2) is 6.10 Å². The molecule has 0 aliphatic rings. The zero-order valence-corrected chi connectivity index (χ0v) is 49.2. The predicted octanol–water partition coefficient (Wildman–Crippen LogP) is 21.4. The van der Waals surface area contributed by atoms with Gasteiger partial charge in [0.25, 0.3) is 0 Å². The van der Waals surface area contributed by atoms with Crippen molar-refractivity contribution in [2.75, 3.05) is 13.2 Å². The first kappa shape index (κ1) is 71.5. The fourth-order valence-electron chi connectivity index (χ4n) is 8.20. The van der Waals surface area contributed by atoms with Crippen molar-refractivity contribution in [2.45, 2.75) is 277 Å². The minimum atomic E-state index is -0.804. The Balaban J connectivity index is 4.40. The lowest BCUT2D eigenvalue weighted by atomic mass is 10.1. The smallest absolute Gasteiger partial charge is 0.306 e. The summed E-state index contributed by atoms with van der Waals surface area (Å²) < 4.78 is 16.9. The second kappa shape index (κ2) is 63.1. The standard InChI is InChI=1S/C70H114O6/c1-4-7-10-13-16-19-22-25-27-29-30-31-32-33-34-35-36-37-38-39-40-41-43-45-48-51-54-57-60-63-69(72)75-66-67(65-74-68(71)62-59-56-53-50-47-44-24-21-18-15-12-9-6-3)76-70(73)64-61-58-55-52-49-46-42-28-26-23-20-17-14-11-8-5-2/h7,10,12,15-16,19,21,24-25,27-28,30-31,33-34,36-37,39-40,42-43,45,67H,4-6,8-9,11,13-14,17-18,20,22-23,26,29,32,35,38,41,44,46-66H2,1-3H3/b10-7-,15-12-,19-16-,24-21-,27-25-,31-30-,34-33-,37-36-,40-39-,42-28-,45-43-. The summed E-state index contributed by atoms with van der Waals surface area (Å²) in [5.41, 5.74) is 0. The summed E-state index contributed by atoms with van der Waals surface area (Å²) >= 11 is 0. The number of carbonyl (C=O) groups is 3. The number of esters is 3. The van der Waals surface area contributed by atoms with Crippen LogP contribution in [0.4, 0.5) is 0 Å². The highest BCUT2D eigenvalue weighted by Crippen LogP contribution is 2.14. The molecular weight excluding hydrogens is 937 g/mol. The Bertz CT molecular complexity index is 1630.